The molecular formula is C27H36N4. The molecule has 0 atom stereocenters. The van der Waals surface area contributed by atoms with E-state index in [9.17, 15) is 0 Å². The second kappa shape index (κ2) is 9.80. The van der Waals surface area contributed by atoms with E-state index in [1.54, 1.807) is 12.2 Å². The molecule has 1 aliphatic heterocycles. The number of hydrogen-bond donors (Lipinski definition) is 2. The lowest BCUT2D eigenvalue weighted by Crippen LogP contribution is -2.34. The first kappa shape index (κ1) is 24.2. The largest absolute Gasteiger partial charge is 0.380 e. The van der Waals surface area contributed by atoms with Gasteiger partial charge < -0.3 is 5.32 Å². The van der Waals surface area contributed by atoms with Gasteiger partial charge in [0.25, 0.3) is 0 Å². The molecular weight excluding hydrogens is 380 g/mol. The first-order valence-corrected chi connectivity index (χ1v) is 10.5. The predicted molar refractivity (Wildman–Crippen MR) is 135 cm³/mol. The molecule has 4 nitrogen and oxygen atoms in total. The maximum atomic E-state index is 6.15. The molecule has 0 saturated carbocycles. The molecule has 3 N–H and O–H groups in total. The van der Waals surface area contributed by atoms with Gasteiger partial charge in [0.1, 0.15) is 5.82 Å². The van der Waals surface area contributed by atoms with E-state index in [-0.39, 0.29) is 5.41 Å². The molecule has 2 rings (SSSR count). The van der Waals surface area contributed by atoms with E-state index in [1.807, 2.05) is 13.0 Å². The lowest BCUT2D eigenvalue weighted by molar-refractivity contribution is 0.427. The van der Waals surface area contributed by atoms with Gasteiger partial charge in [-0.15, -0.1) is 0 Å². The molecule has 1 heterocycles. The SMILES string of the molecule is C=C/C=C1/N=C(C(=C)NCc2ccc(C(=C)CC(C)(C)C)c(C)c2)C=C(C(=C)C)N1N. The van der Waals surface area contributed by atoms with Crippen LogP contribution in [-0.4, -0.2) is 10.7 Å². The number of aliphatic imine (C=N–C) groups is 1. The summed E-state index contributed by atoms with van der Waals surface area (Å²) in [4.78, 5) is 4.60. The van der Waals surface area contributed by atoms with Crippen LogP contribution in [-0.2, 0) is 6.54 Å². The van der Waals surface area contributed by atoms with Crippen molar-refractivity contribution in [2.24, 2.45) is 16.3 Å². The minimum absolute atomic E-state index is 0.219. The highest BCUT2D eigenvalue weighted by Crippen LogP contribution is 2.31. The number of hydrazine groups is 1. The average Bonchev–Trinajstić information content (AvgIpc) is 2.66. The number of rotatable bonds is 8. The maximum Gasteiger partial charge on any atom is 0.147 e. The average molecular weight is 417 g/mol. The van der Waals surface area contributed by atoms with Crippen LogP contribution >= 0.6 is 0 Å². The van der Waals surface area contributed by atoms with Crippen molar-refractivity contribution < 1.29 is 0 Å². The molecule has 4 heteroatoms. The van der Waals surface area contributed by atoms with E-state index >= 15 is 0 Å². The molecule has 0 saturated heterocycles. The van der Waals surface area contributed by atoms with Gasteiger partial charge in [-0.05, 0) is 65.7 Å². The third-order valence-electron chi connectivity index (χ3n) is 4.95. The number of benzene rings is 1. The van der Waals surface area contributed by atoms with Crippen LogP contribution in [0.3, 0.4) is 0 Å². The van der Waals surface area contributed by atoms with E-state index in [4.69, 9.17) is 5.84 Å². The Morgan fingerprint density at radius 3 is 2.45 bits per heavy atom. The fourth-order valence-corrected chi connectivity index (χ4v) is 3.51. The third kappa shape index (κ3) is 6.43. The molecule has 0 radical (unpaired) electrons. The van der Waals surface area contributed by atoms with E-state index in [0.717, 1.165) is 29.1 Å². The van der Waals surface area contributed by atoms with Crippen LogP contribution in [0.15, 0.2) is 90.5 Å². The summed E-state index contributed by atoms with van der Waals surface area (Å²) < 4.78 is 0. The van der Waals surface area contributed by atoms with Crippen molar-refractivity contribution in [1.29, 1.82) is 0 Å². The monoisotopic (exact) mass is 416 g/mol. The van der Waals surface area contributed by atoms with Gasteiger partial charge in [-0.1, -0.05) is 71.4 Å². The minimum atomic E-state index is 0.219. The van der Waals surface area contributed by atoms with Crippen molar-refractivity contribution in [2.75, 3.05) is 0 Å². The van der Waals surface area contributed by atoms with E-state index in [1.165, 1.54) is 27.3 Å². The highest BCUT2D eigenvalue weighted by Gasteiger charge is 2.19. The lowest BCUT2D eigenvalue weighted by atomic mass is 9.84. The highest BCUT2D eigenvalue weighted by molar-refractivity contribution is 6.09. The normalized spacial score (nSPS) is 15.3. The Labute approximate surface area is 187 Å². The van der Waals surface area contributed by atoms with Crippen LogP contribution in [0.4, 0.5) is 0 Å². The van der Waals surface area contributed by atoms with Gasteiger partial charge in [0.05, 0.1) is 17.1 Å². The number of aryl methyl sites for hydroxylation is 1. The van der Waals surface area contributed by atoms with Crippen molar-refractivity contribution in [3.63, 3.8) is 0 Å². The summed E-state index contributed by atoms with van der Waals surface area (Å²) in [6, 6.07) is 6.50. The topological polar surface area (TPSA) is 53.7 Å². The molecule has 0 aromatic heterocycles. The summed E-state index contributed by atoms with van der Waals surface area (Å²) in [6.45, 7) is 27.6. The summed E-state index contributed by atoms with van der Waals surface area (Å²) in [7, 11) is 0. The summed E-state index contributed by atoms with van der Waals surface area (Å²) in [5.41, 5.74) is 8.11. The van der Waals surface area contributed by atoms with E-state index in [2.05, 4.69) is 82.5 Å². The second-order valence-electron chi connectivity index (χ2n) is 9.26. The quantitative estimate of drug-likeness (QED) is 0.499. The number of nitrogens with two attached hydrogens (primary N) is 1. The Bertz CT molecular complexity index is 997. The van der Waals surface area contributed by atoms with Crippen LogP contribution in [0.1, 0.15) is 50.8 Å². The third-order valence-corrected chi connectivity index (χ3v) is 4.95. The molecule has 0 aliphatic carbocycles. The van der Waals surface area contributed by atoms with Gasteiger partial charge in [-0.25, -0.2) is 10.8 Å². The zero-order valence-corrected chi connectivity index (χ0v) is 19.7. The number of hydrogen-bond acceptors (Lipinski definition) is 4. The molecule has 0 spiro atoms. The molecule has 0 unspecified atom stereocenters. The van der Waals surface area contributed by atoms with Gasteiger partial charge in [-0.3, -0.25) is 5.01 Å². The fourth-order valence-electron chi connectivity index (χ4n) is 3.51. The molecule has 31 heavy (non-hydrogen) atoms. The Kier molecular flexibility index (Phi) is 7.64. The highest BCUT2D eigenvalue weighted by atomic mass is 15.5. The van der Waals surface area contributed by atoms with Gasteiger partial charge >= 0.3 is 0 Å². The summed E-state index contributed by atoms with van der Waals surface area (Å²) >= 11 is 0. The molecule has 164 valence electrons. The van der Waals surface area contributed by atoms with Gasteiger partial charge in [0.15, 0.2) is 0 Å². The summed E-state index contributed by atoms with van der Waals surface area (Å²) in [6.07, 6.45) is 6.28. The fraction of sp³-hybridized carbons (Fsp3) is 0.296. The minimum Gasteiger partial charge on any atom is -0.380 e. The van der Waals surface area contributed by atoms with Crippen molar-refractivity contribution in [1.82, 2.24) is 10.3 Å². The van der Waals surface area contributed by atoms with Gasteiger partial charge in [0, 0.05) is 6.54 Å². The van der Waals surface area contributed by atoms with Crippen LogP contribution < -0.4 is 11.2 Å². The van der Waals surface area contributed by atoms with Gasteiger partial charge in [-0.2, -0.15) is 0 Å². The number of nitrogens with zero attached hydrogens (tertiary/aromatic N) is 2. The van der Waals surface area contributed by atoms with E-state index < -0.39 is 0 Å². The zero-order chi connectivity index (χ0) is 23.3. The number of nitrogens with one attached hydrogen (secondary N) is 1. The van der Waals surface area contributed by atoms with Crippen molar-refractivity contribution in [3.05, 3.63) is 102 Å². The summed E-state index contributed by atoms with van der Waals surface area (Å²) in [5, 5.41) is 4.89. The molecule has 1 aliphatic rings. The Hall–Kier alpha value is -3.11. The lowest BCUT2D eigenvalue weighted by Gasteiger charge is -2.27. The molecule has 1 aromatic rings. The molecule has 0 amide bonds. The smallest absolute Gasteiger partial charge is 0.147 e. The standard InChI is InChI=1S/C27H36N4/c1-10-11-26-30-24(15-25(18(2)3)31(26)28)21(6)29-17-22-12-13-23(19(4)14-22)20(5)16-27(7,8)9/h10-15,29H,1-2,5-6,16-17,28H2,3-4,7-9H3/b26-11-. The van der Waals surface area contributed by atoms with Crippen LogP contribution in [0.5, 0.6) is 0 Å². The van der Waals surface area contributed by atoms with Crippen LogP contribution in [0.25, 0.3) is 5.57 Å². The zero-order valence-electron chi connectivity index (χ0n) is 19.7. The summed E-state index contributed by atoms with van der Waals surface area (Å²) in [5.74, 6) is 6.74. The van der Waals surface area contributed by atoms with Crippen molar-refractivity contribution in [2.45, 2.75) is 47.6 Å². The maximum absolute atomic E-state index is 6.15. The first-order valence-electron chi connectivity index (χ1n) is 10.5. The van der Waals surface area contributed by atoms with E-state index in [0.29, 0.717) is 12.4 Å². The molecule has 1 aromatic carbocycles. The first-order chi connectivity index (χ1) is 14.4. The predicted octanol–water partition coefficient (Wildman–Crippen LogP) is 6.17. The Morgan fingerprint density at radius 1 is 1.23 bits per heavy atom. The van der Waals surface area contributed by atoms with Crippen molar-refractivity contribution >= 4 is 11.3 Å². The number of allylic oxidation sites excluding steroid dienone is 5. The molecule has 0 fully saturated rings. The Balaban J connectivity index is 2.15. The Morgan fingerprint density at radius 2 is 1.90 bits per heavy atom. The van der Waals surface area contributed by atoms with Crippen LogP contribution in [0, 0.1) is 12.3 Å². The molecule has 0 bridgehead atoms. The van der Waals surface area contributed by atoms with Crippen molar-refractivity contribution in [3.8, 4) is 0 Å². The second-order valence-corrected chi connectivity index (χ2v) is 9.26. The van der Waals surface area contributed by atoms with Crippen LogP contribution in [0.2, 0.25) is 0 Å². The van der Waals surface area contributed by atoms with Gasteiger partial charge in [0.2, 0.25) is 0 Å².